The number of halogens is 2. The molecule has 1 aromatic carbocycles. The quantitative estimate of drug-likeness (QED) is 0.756. The molecule has 2 rings (SSSR count). The first-order chi connectivity index (χ1) is 10.4. The lowest BCUT2D eigenvalue weighted by Gasteiger charge is -2.30. The maximum absolute atomic E-state index is 13.0. The Morgan fingerprint density at radius 3 is 2.91 bits per heavy atom. The molecule has 22 heavy (non-hydrogen) atoms. The summed E-state index contributed by atoms with van der Waals surface area (Å²) < 4.78 is 40.2. The van der Waals surface area contributed by atoms with Crippen molar-refractivity contribution in [2.45, 2.75) is 31.1 Å². The summed E-state index contributed by atoms with van der Waals surface area (Å²) in [5.41, 5.74) is 0. The molecular weight excluding hydrogens is 371 g/mol. The minimum absolute atomic E-state index is 0.0699. The molecule has 1 saturated heterocycles. The van der Waals surface area contributed by atoms with E-state index in [2.05, 4.69) is 32.5 Å². The average molecular weight is 393 g/mol. The van der Waals surface area contributed by atoms with Gasteiger partial charge in [-0.05, 0) is 72.4 Å². The first kappa shape index (κ1) is 17.8. The predicted molar refractivity (Wildman–Crippen MR) is 88.7 cm³/mol. The number of nitrogens with zero attached hydrogens (tertiary/aromatic N) is 1. The summed E-state index contributed by atoms with van der Waals surface area (Å²) in [6.07, 6.45) is 3.27. The molecule has 1 aliphatic rings. The van der Waals surface area contributed by atoms with Gasteiger partial charge in [0.05, 0.1) is 4.90 Å². The third-order valence-corrected chi connectivity index (χ3v) is 6.31. The van der Waals surface area contributed by atoms with E-state index >= 15 is 0 Å². The van der Waals surface area contributed by atoms with Gasteiger partial charge in [-0.3, -0.25) is 0 Å². The van der Waals surface area contributed by atoms with Gasteiger partial charge in [0.2, 0.25) is 10.0 Å². The summed E-state index contributed by atoms with van der Waals surface area (Å²) in [6, 6.07) is 3.58. The molecule has 1 heterocycles. The second-order valence-electron chi connectivity index (χ2n) is 5.87. The summed E-state index contributed by atoms with van der Waals surface area (Å²) in [4.78, 5) is 2.46. The molecule has 0 saturated carbocycles. The molecule has 0 radical (unpaired) electrons. The molecule has 0 spiro atoms. The lowest BCUT2D eigenvalue weighted by atomic mass is 10.0. The van der Waals surface area contributed by atoms with E-state index in [0.29, 0.717) is 6.54 Å². The molecule has 0 amide bonds. The van der Waals surface area contributed by atoms with Crippen molar-refractivity contribution in [3.05, 3.63) is 28.5 Å². The van der Waals surface area contributed by atoms with Crippen molar-refractivity contribution in [2.75, 3.05) is 26.2 Å². The minimum atomic E-state index is -3.60. The van der Waals surface area contributed by atoms with E-state index < -0.39 is 15.8 Å². The van der Waals surface area contributed by atoms with E-state index in [9.17, 15) is 12.8 Å². The van der Waals surface area contributed by atoms with E-state index in [1.54, 1.807) is 0 Å². The zero-order chi connectivity index (χ0) is 16.2. The number of benzene rings is 1. The molecule has 7 heteroatoms. The van der Waals surface area contributed by atoms with Gasteiger partial charge in [0.15, 0.2) is 0 Å². The summed E-state index contributed by atoms with van der Waals surface area (Å²) >= 11 is 3.09. The van der Waals surface area contributed by atoms with E-state index in [1.807, 2.05) is 0 Å². The molecule has 124 valence electrons. The fourth-order valence-electron chi connectivity index (χ4n) is 2.77. The molecule has 1 fully saturated rings. The van der Waals surface area contributed by atoms with Crippen LogP contribution in [0.25, 0.3) is 0 Å². The molecular formula is C15H22BrFN2O2S. The maximum atomic E-state index is 13.0. The summed E-state index contributed by atoms with van der Waals surface area (Å²) in [6.45, 7) is 5.73. The maximum Gasteiger partial charge on any atom is 0.241 e. The van der Waals surface area contributed by atoms with Crippen molar-refractivity contribution in [1.82, 2.24) is 9.62 Å². The van der Waals surface area contributed by atoms with Crippen molar-refractivity contribution in [3.8, 4) is 0 Å². The molecule has 1 aromatic rings. The van der Waals surface area contributed by atoms with Crippen molar-refractivity contribution >= 4 is 26.0 Å². The molecule has 0 aliphatic carbocycles. The predicted octanol–water partition coefficient (Wildman–Crippen LogP) is 2.99. The third-order valence-electron chi connectivity index (χ3n) is 3.87. The van der Waals surface area contributed by atoms with Crippen molar-refractivity contribution in [3.63, 3.8) is 0 Å². The smallest absolute Gasteiger partial charge is 0.241 e. The standard InChI is InChI=1S/C15H22BrFN2O2S/c1-12-4-2-8-19(11-12)9-3-7-18-22(20,21)15-6-5-13(17)10-14(15)16/h5-6,10,12,18H,2-4,7-9,11H2,1H3. The van der Waals surface area contributed by atoms with Gasteiger partial charge in [0.25, 0.3) is 0 Å². The lowest BCUT2D eigenvalue weighted by molar-refractivity contribution is 0.182. The Labute approximate surface area is 140 Å². The Morgan fingerprint density at radius 2 is 2.23 bits per heavy atom. The molecule has 1 unspecified atom stereocenters. The van der Waals surface area contributed by atoms with Crippen LogP contribution in [0, 0.1) is 11.7 Å². The van der Waals surface area contributed by atoms with Crippen LogP contribution in [-0.4, -0.2) is 39.5 Å². The normalized spacial score (nSPS) is 20.2. The van der Waals surface area contributed by atoms with E-state index in [-0.39, 0.29) is 9.37 Å². The van der Waals surface area contributed by atoms with Crippen LogP contribution in [-0.2, 0) is 10.0 Å². The van der Waals surface area contributed by atoms with Gasteiger partial charge in [-0.15, -0.1) is 0 Å². The Morgan fingerprint density at radius 1 is 1.45 bits per heavy atom. The Kier molecular flexibility index (Phi) is 6.37. The zero-order valence-electron chi connectivity index (χ0n) is 12.7. The molecule has 1 atom stereocenters. The minimum Gasteiger partial charge on any atom is -0.303 e. The SMILES string of the molecule is CC1CCCN(CCCNS(=O)(=O)c2ccc(F)cc2Br)C1. The van der Waals surface area contributed by atoms with Gasteiger partial charge in [-0.1, -0.05) is 6.92 Å². The largest absolute Gasteiger partial charge is 0.303 e. The molecule has 1 N–H and O–H groups in total. The number of hydrogen-bond acceptors (Lipinski definition) is 3. The molecule has 4 nitrogen and oxygen atoms in total. The van der Waals surface area contributed by atoms with E-state index in [4.69, 9.17) is 0 Å². The van der Waals surface area contributed by atoms with Gasteiger partial charge in [0, 0.05) is 17.6 Å². The zero-order valence-corrected chi connectivity index (χ0v) is 15.1. The van der Waals surface area contributed by atoms with Crippen LogP contribution in [0.5, 0.6) is 0 Å². The molecule has 1 aliphatic heterocycles. The number of rotatable bonds is 6. The number of sulfonamides is 1. The first-order valence-corrected chi connectivity index (χ1v) is 9.83. The lowest BCUT2D eigenvalue weighted by Crippen LogP contribution is -2.36. The fourth-order valence-corrected chi connectivity index (χ4v) is 4.89. The van der Waals surface area contributed by atoms with Crippen LogP contribution < -0.4 is 4.72 Å². The number of likely N-dealkylation sites (tertiary alicyclic amines) is 1. The number of nitrogens with one attached hydrogen (secondary N) is 1. The Balaban J connectivity index is 1.82. The van der Waals surface area contributed by atoms with Crippen LogP contribution in [0.4, 0.5) is 4.39 Å². The highest BCUT2D eigenvalue weighted by Gasteiger charge is 2.18. The highest BCUT2D eigenvalue weighted by atomic mass is 79.9. The second kappa shape index (κ2) is 7.86. The van der Waals surface area contributed by atoms with Crippen LogP contribution in [0.3, 0.4) is 0 Å². The van der Waals surface area contributed by atoms with Gasteiger partial charge in [-0.25, -0.2) is 17.5 Å². The van der Waals surface area contributed by atoms with Gasteiger partial charge in [0.1, 0.15) is 5.82 Å². The van der Waals surface area contributed by atoms with E-state index in [0.717, 1.165) is 44.1 Å². The number of hydrogen-bond donors (Lipinski definition) is 1. The van der Waals surface area contributed by atoms with Crippen LogP contribution >= 0.6 is 15.9 Å². The third kappa shape index (κ3) is 5.01. The van der Waals surface area contributed by atoms with Crippen molar-refractivity contribution in [2.24, 2.45) is 5.92 Å². The Bertz CT molecular complexity index is 610. The van der Waals surface area contributed by atoms with Gasteiger partial charge < -0.3 is 4.90 Å². The Hall–Kier alpha value is -0.500. The second-order valence-corrected chi connectivity index (χ2v) is 8.46. The fraction of sp³-hybridized carbons (Fsp3) is 0.600. The van der Waals surface area contributed by atoms with Crippen molar-refractivity contribution < 1.29 is 12.8 Å². The highest BCUT2D eigenvalue weighted by Crippen LogP contribution is 2.22. The van der Waals surface area contributed by atoms with Gasteiger partial charge in [-0.2, -0.15) is 0 Å². The summed E-state index contributed by atoms with van der Waals surface area (Å²) in [5.74, 6) is 0.255. The highest BCUT2D eigenvalue weighted by molar-refractivity contribution is 9.10. The number of piperidine rings is 1. The first-order valence-electron chi connectivity index (χ1n) is 7.55. The summed E-state index contributed by atoms with van der Waals surface area (Å²) in [7, 11) is -3.60. The van der Waals surface area contributed by atoms with Crippen LogP contribution in [0.1, 0.15) is 26.2 Å². The van der Waals surface area contributed by atoms with Crippen LogP contribution in [0.2, 0.25) is 0 Å². The van der Waals surface area contributed by atoms with E-state index in [1.165, 1.54) is 18.9 Å². The summed E-state index contributed by atoms with van der Waals surface area (Å²) in [5, 5.41) is 0. The average Bonchev–Trinajstić information content (AvgIpc) is 2.43. The topological polar surface area (TPSA) is 49.4 Å². The molecule has 0 bridgehead atoms. The van der Waals surface area contributed by atoms with Gasteiger partial charge >= 0.3 is 0 Å². The monoisotopic (exact) mass is 392 g/mol. The molecule has 0 aromatic heterocycles. The van der Waals surface area contributed by atoms with Crippen molar-refractivity contribution in [1.29, 1.82) is 0 Å². The van der Waals surface area contributed by atoms with Crippen LogP contribution in [0.15, 0.2) is 27.6 Å².